The molecule has 27 heavy (non-hydrogen) atoms. The van der Waals surface area contributed by atoms with Crippen LogP contribution >= 0.6 is 11.3 Å². The minimum absolute atomic E-state index is 0.195. The number of hydrogen-bond acceptors (Lipinski definition) is 6. The average molecular weight is 404 g/mol. The molecule has 1 aromatic heterocycles. The molecular formula is C18H19F3O5S. The Kier molecular flexibility index (Phi) is 6.25. The van der Waals surface area contributed by atoms with Crippen LogP contribution in [0.5, 0.6) is 11.5 Å². The smallest absolute Gasteiger partial charge is 0.464 e. The zero-order valence-corrected chi connectivity index (χ0v) is 15.0. The zero-order chi connectivity index (χ0) is 19.4. The molecule has 2 N–H and O–H groups in total. The number of halogens is 3. The SMILES string of the molecule is OCC1CC(O)CC(Oc2ccsc2Cc2ccc(OC(F)(F)F)cc2)O1. The van der Waals surface area contributed by atoms with Crippen LogP contribution in [0, 0.1) is 0 Å². The third-order valence-corrected chi connectivity index (χ3v) is 4.93. The highest BCUT2D eigenvalue weighted by Crippen LogP contribution is 2.31. The normalized spacial score (nSPS) is 23.2. The molecule has 148 valence electrons. The van der Waals surface area contributed by atoms with Gasteiger partial charge in [-0.2, -0.15) is 0 Å². The van der Waals surface area contributed by atoms with Crippen LogP contribution in [-0.2, 0) is 11.2 Å². The van der Waals surface area contributed by atoms with E-state index in [1.54, 1.807) is 18.2 Å². The fourth-order valence-corrected chi connectivity index (χ4v) is 3.68. The van der Waals surface area contributed by atoms with Gasteiger partial charge in [0.2, 0.25) is 6.29 Å². The van der Waals surface area contributed by atoms with Crippen molar-refractivity contribution in [3.05, 3.63) is 46.2 Å². The second kappa shape index (κ2) is 8.47. The maximum atomic E-state index is 12.2. The van der Waals surface area contributed by atoms with Crippen molar-refractivity contribution in [3.63, 3.8) is 0 Å². The van der Waals surface area contributed by atoms with Crippen molar-refractivity contribution in [2.24, 2.45) is 0 Å². The first-order chi connectivity index (χ1) is 12.8. The third-order valence-electron chi connectivity index (χ3n) is 4.03. The van der Waals surface area contributed by atoms with Crippen molar-refractivity contribution in [1.29, 1.82) is 0 Å². The molecule has 1 aromatic carbocycles. The first-order valence-corrected chi connectivity index (χ1v) is 9.22. The highest BCUT2D eigenvalue weighted by molar-refractivity contribution is 7.10. The Labute approximate surface area is 157 Å². The monoisotopic (exact) mass is 404 g/mol. The van der Waals surface area contributed by atoms with Crippen LogP contribution in [0.2, 0.25) is 0 Å². The number of ether oxygens (including phenoxy) is 3. The summed E-state index contributed by atoms with van der Waals surface area (Å²) in [6.07, 6.45) is -5.33. The Bertz CT molecular complexity index is 731. The van der Waals surface area contributed by atoms with Gasteiger partial charge in [0.1, 0.15) is 11.5 Å². The first-order valence-electron chi connectivity index (χ1n) is 8.34. The lowest BCUT2D eigenvalue weighted by Gasteiger charge is -2.32. The van der Waals surface area contributed by atoms with Crippen molar-refractivity contribution in [2.45, 2.75) is 44.1 Å². The van der Waals surface area contributed by atoms with Gasteiger partial charge in [-0.1, -0.05) is 12.1 Å². The van der Waals surface area contributed by atoms with Gasteiger partial charge in [0.05, 0.1) is 23.7 Å². The molecule has 1 saturated heterocycles. The fourth-order valence-electron chi connectivity index (χ4n) is 2.84. The Morgan fingerprint density at radius 1 is 1.15 bits per heavy atom. The number of hydrogen-bond donors (Lipinski definition) is 2. The van der Waals surface area contributed by atoms with Crippen molar-refractivity contribution in [1.82, 2.24) is 0 Å². The summed E-state index contributed by atoms with van der Waals surface area (Å²) in [6.45, 7) is -0.195. The molecule has 5 nitrogen and oxygen atoms in total. The second-order valence-corrected chi connectivity index (χ2v) is 7.19. The number of rotatable bonds is 6. The molecule has 3 rings (SSSR count). The lowest BCUT2D eigenvalue weighted by molar-refractivity contribution is -0.274. The van der Waals surface area contributed by atoms with Crippen LogP contribution in [0.15, 0.2) is 35.7 Å². The van der Waals surface area contributed by atoms with Crippen molar-refractivity contribution >= 4 is 11.3 Å². The van der Waals surface area contributed by atoms with Crippen molar-refractivity contribution in [3.8, 4) is 11.5 Å². The summed E-state index contributed by atoms with van der Waals surface area (Å²) in [7, 11) is 0. The first kappa shape index (κ1) is 19.9. The van der Waals surface area contributed by atoms with Crippen molar-refractivity contribution in [2.75, 3.05) is 6.61 Å². The number of benzene rings is 1. The van der Waals surface area contributed by atoms with Crippen LogP contribution in [-0.4, -0.2) is 41.7 Å². The molecule has 1 fully saturated rings. The van der Waals surface area contributed by atoms with E-state index in [9.17, 15) is 23.4 Å². The van der Waals surface area contributed by atoms with Gasteiger partial charge >= 0.3 is 6.36 Å². The maximum absolute atomic E-state index is 12.2. The average Bonchev–Trinajstić information content (AvgIpc) is 3.01. The van der Waals surface area contributed by atoms with Gasteiger partial charge in [-0.3, -0.25) is 0 Å². The minimum Gasteiger partial charge on any atom is -0.464 e. The highest BCUT2D eigenvalue weighted by atomic mass is 32.1. The Hall–Kier alpha value is -1.81. The van der Waals surface area contributed by atoms with Crippen LogP contribution < -0.4 is 9.47 Å². The summed E-state index contributed by atoms with van der Waals surface area (Å²) >= 11 is 1.45. The van der Waals surface area contributed by atoms with Crippen LogP contribution in [0.3, 0.4) is 0 Å². The predicted octanol–water partition coefficient (Wildman–Crippen LogP) is 3.47. The van der Waals surface area contributed by atoms with Gasteiger partial charge in [-0.25, -0.2) is 0 Å². The summed E-state index contributed by atoms with van der Waals surface area (Å²) in [5.74, 6) is 0.319. The summed E-state index contributed by atoms with van der Waals surface area (Å²) in [5, 5.41) is 20.9. The predicted molar refractivity (Wildman–Crippen MR) is 91.9 cm³/mol. The van der Waals surface area contributed by atoms with E-state index in [-0.39, 0.29) is 12.4 Å². The van der Waals surface area contributed by atoms with E-state index >= 15 is 0 Å². The molecule has 0 radical (unpaired) electrons. The van der Waals surface area contributed by atoms with E-state index in [1.807, 2.05) is 5.38 Å². The Balaban J connectivity index is 1.63. The molecule has 2 aromatic rings. The van der Waals surface area contributed by atoms with E-state index in [0.29, 0.717) is 25.0 Å². The largest absolute Gasteiger partial charge is 0.573 e. The molecule has 0 aliphatic carbocycles. The number of aliphatic hydroxyl groups is 2. The summed E-state index contributed by atoms with van der Waals surface area (Å²) in [5.41, 5.74) is 0.801. The topological polar surface area (TPSA) is 68.2 Å². The second-order valence-electron chi connectivity index (χ2n) is 6.19. The van der Waals surface area contributed by atoms with Gasteiger partial charge < -0.3 is 24.4 Å². The number of alkyl halides is 3. The number of thiophene rings is 1. The summed E-state index contributed by atoms with van der Waals surface area (Å²) in [4.78, 5) is 0.878. The molecule has 1 aliphatic heterocycles. The van der Waals surface area contributed by atoms with E-state index in [1.165, 1.54) is 23.5 Å². The summed E-state index contributed by atoms with van der Waals surface area (Å²) in [6, 6.07) is 7.44. The molecule has 0 amide bonds. The van der Waals surface area contributed by atoms with Gasteiger partial charge in [0.15, 0.2) is 0 Å². The third kappa shape index (κ3) is 5.83. The molecule has 3 atom stereocenters. The molecule has 0 saturated carbocycles. The molecule has 9 heteroatoms. The Morgan fingerprint density at radius 3 is 2.56 bits per heavy atom. The molecule has 3 unspecified atom stereocenters. The summed E-state index contributed by atoms with van der Waals surface area (Å²) < 4.78 is 52.0. The van der Waals surface area contributed by atoms with Crippen LogP contribution in [0.4, 0.5) is 13.2 Å². The standard InChI is InChI=1S/C18H19F3O5S/c19-18(20,21)26-13-3-1-11(2-4-13)7-16-15(5-6-27-16)25-17-9-12(23)8-14(10-22)24-17/h1-6,12,14,17,22-23H,7-10H2. The van der Waals surface area contributed by atoms with E-state index in [4.69, 9.17) is 9.47 Å². The zero-order valence-electron chi connectivity index (χ0n) is 14.2. The van der Waals surface area contributed by atoms with E-state index < -0.39 is 24.9 Å². The van der Waals surface area contributed by atoms with Gasteiger partial charge in [0, 0.05) is 19.3 Å². The molecule has 0 bridgehead atoms. The van der Waals surface area contributed by atoms with Crippen LogP contribution in [0.1, 0.15) is 23.3 Å². The van der Waals surface area contributed by atoms with Crippen molar-refractivity contribution < 1.29 is 37.6 Å². The maximum Gasteiger partial charge on any atom is 0.573 e. The highest BCUT2D eigenvalue weighted by Gasteiger charge is 2.31. The van der Waals surface area contributed by atoms with Gasteiger partial charge in [-0.05, 0) is 29.1 Å². The lowest BCUT2D eigenvalue weighted by Crippen LogP contribution is -2.40. The minimum atomic E-state index is -4.72. The number of aliphatic hydroxyl groups excluding tert-OH is 2. The molecule has 0 spiro atoms. The molecule has 1 aliphatic rings. The molecular weight excluding hydrogens is 385 g/mol. The fraction of sp³-hybridized carbons (Fsp3) is 0.444. The lowest BCUT2D eigenvalue weighted by atomic mass is 10.1. The quantitative estimate of drug-likeness (QED) is 0.772. The van der Waals surface area contributed by atoms with Crippen LogP contribution in [0.25, 0.3) is 0 Å². The Morgan fingerprint density at radius 2 is 1.89 bits per heavy atom. The molecule has 2 heterocycles. The van der Waals surface area contributed by atoms with E-state index in [0.717, 1.165) is 10.4 Å². The van der Waals surface area contributed by atoms with E-state index in [2.05, 4.69) is 4.74 Å². The van der Waals surface area contributed by atoms with Gasteiger partial charge in [-0.15, -0.1) is 24.5 Å². The van der Waals surface area contributed by atoms with Gasteiger partial charge in [0.25, 0.3) is 0 Å².